The van der Waals surface area contributed by atoms with Crippen LogP contribution in [0.3, 0.4) is 0 Å². The maximum atomic E-state index is 13.5. The summed E-state index contributed by atoms with van der Waals surface area (Å²) in [5.41, 5.74) is -0.129. The van der Waals surface area contributed by atoms with Crippen molar-refractivity contribution >= 4 is 40.8 Å². The molecule has 1 aromatic carbocycles. The van der Waals surface area contributed by atoms with Gasteiger partial charge in [-0.2, -0.15) is 9.97 Å². The molecule has 0 atom stereocenters. The standard InChI is InChI=1S/C25H31ClN6O6/c1-6-36-18(33)15-37-23-28-20-19(21(34)29(23)5)32(17-10-8-7-9-16(17)26)22(27-20)30-11-13-31(14-12-30)24(35)38-25(2,3)4/h7-10H,6,11-15H2,1-5H3. The van der Waals surface area contributed by atoms with E-state index in [1.54, 1.807) is 34.6 Å². The lowest BCUT2D eigenvalue weighted by Gasteiger charge is -2.36. The molecule has 38 heavy (non-hydrogen) atoms. The van der Waals surface area contributed by atoms with Crippen molar-refractivity contribution in [3.05, 3.63) is 39.6 Å². The molecule has 4 rings (SSSR count). The van der Waals surface area contributed by atoms with Gasteiger partial charge in [0.25, 0.3) is 5.56 Å². The fourth-order valence-electron chi connectivity index (χ4n) is 4.02. The van der Waals surface area contributed by atoms with Crippen molar-refractivity contribution in [2.45, 2.75) is 33.3 Å². The molecule has 0 aliphatic carbocycles. The summed E-state index contributed by atoms with van der Waals surface area (Å²) in [6, 6.07) is 7.05. The number of nitrogens with zero attached hydrogens (tertiary/aromatic N) is 6. The van der Waals surface area contributed by atoms with Crippen LogP contribution in [0.5, 0.6) is 6.01 Å². The summed E-state index contributed by atoms with van der Waals surface area (Å²) in [4.78, 5) is 50.6. The highest BCUT2D eigenvalue weighted by molar-refractivity contribution is 6.32. The van der Waals surface area contributed by atoms with Gasteiger partial charge < -0.3 is 24.0 Å². The summed E-state index contributed by atoms with van der Waals surface area (Å²) in [5.74, 6) is -0.129. The number of amides is 1. The van der Waals surface area contributed by atoms with Gasteiger partial charge in [-0.3, -0.25) is 13.9 Å². The van der Waals surface area contributed by atoms with E-state index in [1.165, 1.54) is 11.6 Å². The molecule has 13 heteroatoms. The second-order valence-corrected chi connectivity index (χ2v) is 10.1. The first kappa shape index (κ1) is 27.2. The molecule has 2 aromatic heterocycles. The Morgan fingerprint density at radius 1 is 1.08 bits per heavy atom. The number of halogens is 1. The van der Waals surface area contributed by atoms with Gasteiger partial charge in [-0.05, 0) is 39.8 Å². The van der Waals surface area contributed by atoms with Crippen LogP contribution in [0, 0.1) is 0 Å². The number of fused-ring (bicyclic) bond motifs is 1. The zero-order valence-corrected chi connectivity index (χ0v) is 22.8. The van der Waals surface area contributed by atoms with Crippen LogP contribution in [0.15, 0.2) is 29.1 Å². The number of ether oxygens (including phenoxy) is 3. The number of anilines is 1. The van der Waals surface area contributed by atoms with Crippen LogP contribution in [0.4, 0.5) is 10.7 Å². The first-order valence-corrected chi connectivity index (χ1v) is 12.6. The molecule has 3 heterocycles. The van der Waals surface area contributed by atoms with Crippen LogP contribution in [0.2, 0.25) is 5.02 Å². The predicted octanol–water partition coefficient (Wildman–Crippen LogP) is 2.77. The van der Waals surface area contributed by atoms with Gasteiger partial charge in [0, 0.05) is 33.2 Å². The van der Waals surface area contributed by atoms with E-state index in [4.69, 9.17) is 25.8 Å². The van der Waals surface area contributed by atoms with Gasteiger partial charge in [-0.25, -0.2) is 9.59 Å². The number of rotatable bonds is 6. The second-order valence-electron chi connectivity index (χ2n) is 9.68. The van der Waals surface area contributed by atoms with Crippen molar-refractivity contribution < 1.29 is 23.8 Å². The number of hydrogen-bond acceptors (Lipinski definition) is 9. The molecule has 1 aliphatic heterocycles. The van der Waals surface area contributed by atoms with Gasteiger partial charge in [0.05, 0.1) is 17.3 Å². The number of hydrogen-bond donors (Lipinski definition) is 0. The summed E-state index contributed by atoms with van der Waals surface area (Å²) in [5, 5.41) is 0.421. The zero-order valence-electron chi connectivity index (χ0n) is 22.1. The molecule has 204 valence electrons. The molecule has 1 amide bonds. The summed E-state index contributed by atoms with van der Waals surface area (Å²) < 4.78 is 18.7. The van der Waals surface area contributed by atoms with E-state index in [1.807, 2.05) is 31.7 Å². The lowest BCUT2D eigenvalue weighted by Crippen LogP contribution is -2.50. The second kappa shape index (κ2) is 10.9. The van der Waals surface area contributed by atoms with Crippen LogP contribution in [-0.2, 0) is 21.3 Å². The maximum Gasteiger partial charge on any atom is 0.410 e. The van der Waals surface area contributed by atoms with E-state index in [2.05, 4.69) is 9.97 Å². The Labute approximate surface area is 224 Å². The highest BCUT2D eigenvalue weighted by atomic mass is 35.5. The van der Waals surface area contributed by atoms with E-state index in [9.17, 15) is 14.4 Å². The SMILES string of the molecule is CCOC(=O)COc1nc2nc(N3CCN(C(=O)OC(C)(C)C)CC3)n(-c3ccccc3Cl)c2c(=O)n1C. The zero-order chi connectivity index (χ0) is 27.6. The van der Waals surface area contributed by atoms with Gasteiger partial charge in [-0.1, -0.05) is 23.7 Å². The molecular weight excluding hydrogens is 516 g/mol. The average molecular weight is 547 g/mol. The number of para-hydroxylation sites is 1. The normalized spacial score (nSPS) is 14.1. The third-order valence-electron chi connectivity index (χ3n) is 5.77. The number of carbonyl (C=O) groups is 2. The van der Waals surface area contributed by atoms with Crippen LogP contribution >= 0.6 is 11.6 Å². The Morgan fingerprint density at radius 2 is 1.76 bits per heavy atom. The van der Waals surface area contributed by atoms with E-state index in [0.29, 0.717) is 42.8 Å². The van der Waals surface area contributed by atoms with Gasteiger partial charge in [0.1, 0.15) is 5.60 Å². The van der Waals surface area contributed by atoms with Crippen molar-refractivity contribution in [3.8, 4) is 11.7 Å². The van der Waals surface area contributed by atoms with Crippen molar-refractivity contribution in [1.29, 1.82) is 0 Å². The monoisotopic (exact) mass is 546 g/mol. The Kier molecular flexibility index (Phi) is 7.81. The summed E-state index contributed by atoms with van der Waals surface area (Å²) >= 11 is 6.55. The minimum Gasteiger partial charge on any atom is -0.463 e. The van der Waals surface area contributed by atoms with Gasteiger partial charge >= 0.3 is 18.1 Å². The molecule has 1 aliphatic rings. The van der Waals surface area contributed by atoms with Crippen LogP contribution in [0.25, 0.3) is 16.9 Å². The molecular formula is C25H31ClN6O6. The highest BCUT2D eigenvalue weighted by Gasteiger charge is 2.30. The topological polar surface area (TPSA) is 121 Å². The number of imidazole rings is 1. The quantitative estimate of drug-likeness (QED) is 0.429. The largest absolute Gasteiger partial charge is 0.463 e. The van der Waals surface area contributed by atoms with E-state index in [0.717, 1.165) is 0 Å². The first-order chi connectivity index (χ1) is 18.0. The Balaban J connectivity index is 1.73. The lowest BCUT2D eigenvalue weighted by molar-refractivity contribution is -0.145. The van der Waals surface area contributed by atoms with Gasteiger partial charge in [0.2, 0.25) is 5.95 Å². The number of piperazine rings is 1. The number of carbonyl (C=O) groups excluding carboxylic acids is 2. The van der Waals surface area contributed by atoms with E-state index >= 15 is 0 Å². The lowest BCUT2D eigenvalue weighted by atomic mass is 10.2. The van der Waals surface area contributed by atoms with Crippen molar-refractivity contribution in [2.24, 2.45) is 7.05 Å². The fourth-order valence-corrected chi connectivity index (χ4v) is 4.24. The van der Waals surface area contributed by atoms with E-state index in [-0.39, 0.29) is 29.9 Å². The van der Waals surface area contributed by atoms with E-state index < -0.39 is 23.7 Å². The first-order valence-electron chi connectivity index (χ1n) is 12.3. The van der Waals surface area contributed by atoms with Crippen molar-refractivity contribution in [3.63, 3.8) is 0 Å². The fraction of sp³-hybridized carbons (Fsp3) is 0.480. The Morgan fingerprint density at radius 3 is 2.39 bits per heavy atom. The smallest absolute Gasteiger partial charge is 0.410 e. The predicted molar refractivity (Wildman–Crippen MR) is 141 cm³/mol. The molecule has 0 radical (unpaired) electrons. The Bertz CT molecular complexity index is 1400. The Hall–Kier alpha value is -3.80. The third kappa shape index (κ3) is 5.69. The average Bonchev–Trinajstić information content (AvgIpc) is 3.24. The number of esters is 1. The molecule has 12 nitrogen and oxygen atoms in total. The molecule has 1 fully saturated rings. The summed E-state index contributed by atoms with van der Waals surface area (Å²) in [6.07, 6.45) is -0.379. The number of benzene rings is 1. The summed E-state index contributed by atoms with van der Waals surface area (Å²) in [7, 11) is 1.50. The minimum atomic E-state index is -0.592. The molecule has 1 saturated heterocycles. The molecule has 0 N–H and O–H groups in total. The van der Waals surface area contributed by atoms with Crippen molar-refractivity contribution in [2.75, 3.05) is 44.3 Å². The number of aromatic nitrogens is 4. The molecule has 0 bridgehead atoms. The third-order valence-corrected chi connectivity index (χ3v) is 6.09. The van der Waals surface area contributed by atoms with Gasteiger partial charge in [-0.15, -0.1) is 0 Å². The van der Waals surface area contributed by atoms with Gasteiger partial charge in [0.15, 0.2) is 17.8 Å². The molecule has 0 spiro atoms. The summed E-state index contributed by atoms with van der Waals surface area (Å²) in [6.45, 7) is 8.67. The molecule has 3 aromatic rings. The highest BCUT2D eigenvalue weighted by Crippen LogP contribution is 2.30. The van der Waals surface area contributed by atoms with Crippen molar-refractivity contribution in [1.82, 2.24) is 24.0 Å². The molecule has 0 saturated carbocycles. The molecule has 0 unspecified atom stereocenters. The van der Waals surface area contributed by atoms with Crippen LogP contribution in [0.1, 0.15) is 27.7 Å². The maximum absolute atomic E-state index is 13.5. The van der Waals surface area contributed by atoms with Crippen LogP contribution in [-0.4, -0.2) is 81.1 Å². The van der Waals surface area contributed by atoms with Crippen LogP contribution < -0.4 is 15.2 Å². The minimum absolute atomic E-state index is 0.0688.